The molecule has 6 nitrogen and oxygen atoms in total. The van der Waals surface area contributed by atoms with Crippen LogP contribution < -0.4 is 10.2 Å². The molecule has 7 heteroatoms. The molecule has 0 radical (unpaired) electrons. The number of halogens is 1. The van der Waals surface area contributed by atoms with Crippen LogP contribution in [0.1, 0.15) is 35.3 Å². The van der Waals surface area contributed by atoms with Gasteiger partial charge in [-0.05, 0) is 35.2 Å². The van der Waals surface area contributed by atoms with Crippen molar-refractivity contribution in [2.75, 3.05) is 22.6 Å². The zero-order valence-electron chi connectivity index (χ0n) is 17.5. The molecule has 0 spiro atoms. The largest absolute Gasteiger partial charge is 0.507 e. The Morgan fingerprint density at radius 2 is 1.94 bits per heavy atom. The molecule has 32 heavy (non-hydrogen) atoms. The minimum Gasteiger partial charge on any atom is -0.507 e. The van der Waals surface area contributed by atoms with Gasteiger partial charge >= 0.3 is 0 Å². The Morgan fingerprint density at radius 3 is 2.69 bits per heavy atom. The predicted octanol–water partition coefficient (Wildman–Crippen LogP) is 5.36. The first kappa shape index (κ1) is 20.4. The Bertz CT molecular complexity index is 1380. The molecule has 5 rings (SSSR count). The van der Waals surface area contributed by atoms with E-state index in [9.17, 15) is 14.7 Å². The molecule has 2 heterocycles. The summed E-state index contributed by atoms with van der Waals surface area (Å²) in [7, 11) is 0. The first-order valence-corrected chi connectivity index (χ1v) is 11.1. The zero-order chi connectivity index (χ0) is 22.4. The van der Waals surface area contributed by atoms with Gasteiger partial charge in [0.25, 0.3) is 5.91 Å². The Kier molecular flexibility index (Phi) is 5.02. The molecule has 2 amide bonds. The van der Waals surface area contributed by atoms with Crippen LogP contribution in [0.15, 0.2) is 54.6 Å². The number of aromatic amines is 1. The maximum Gasteiger partial charge on any atom is 0.274 e. The number of alkyl halides is 1. The number of aromatic hydroxyl groups is 1. The molecule has 0 saturated heterocycles. The molecule has 1 aromatic heterocycles. The third-order valence-corrected chi connectivity index (χ3v) is 6.40. The maximum atomic E-state index is 13.5. The number of rotatable bonds is 4. The van der Waals surface area contributed by atoms with Gasteiger partial charge in [-0.2, -0.15) is 0 Å². The number of hydrogen-bond donors (Lipinski definition) is 3. The van der Waals surface area contributed by atoms with Crippen molar-refractivity contribution < 1.29 is 14.7 Å². The van der Waals surface area contributed by atoms with Crippen LogP contribution in [-0.2, 0) is 4.79 Å². The summed E-state index contributed by atoms with van der Waals surface area (Å²) < 4.78 is 0. The van der Waals surface area contributed by atoms with E-state index in [-0.39, 0.29) is 23.5 Å². The minimum absolute atomic E-state index is 0.0265. The van der Waals surface area contributed by atoms with Gasteiger partial charge in [0.2, 0.25) is 5.91 Å². The molecule has 1 aliphatic rings. The number of H-pyrrole nitrogens is 1. The first-order valence-electron chi connectivity index (χ1n) is 10.5. The molecule has 0 bridgehead atoms. The molecular formula is C25H22ClN3O3. The molecule has 0 fully saturated rings. The van der Waals surface area contributed by atoms with Crippen molar-refractivity contribution in [2.45, 2.75) is 19.3 Å². The fourth-order valence-electron chi connectivity index (χ4n) is 4.47. The quantitative estimate of drug-likeness (QED) is 0.368. The van der Waals surface area contributed by atoms with Crippen LogP contribution >= 0.6 is 11.6 Å². The molecule has 0 saturated carbocycles. The molecule has 1 atom stereocenters. The number of amides is 2. The summed E-state index contributed by atoms with van der Waals surface area (Å²) in [6, 6.07) is 16.6. The van der Waals surface area contributed by atoms with E-state index in [0.29, 0.717) is 35.9 Å². The smallest absolute Gasteiger partial charge is 0.274 e. The van der Waals surface area contributed by atoms with E-state index in [0.717, 1.165) is 27.2 Å². The van der Waals surface area contributed by atoms with E-state index in [1.54, 1.807) is 30.0 Å². The van der Waals surface area contributed by atoms with Gasteiger partial charge in [-0.3, -0.25) is 9.59 Å². The number of benzene rings is 3. The van der Waals surface area contributed by atoms with Crippen molar-refractivity contribution in [3.63, 3.8) is 0 Å². The highest BCUT2D eigenvalue weighted by atomic mass is 35.5. The highest BCUT2D eigenvalue weighted by Gasteiger charge is 2.35. The number of carbonyl (C=O) groups is 2. The summed E-state index contributed by atoms with van der Waals surface area (Å²) in [6.45, 7) is 2.24. The molecule has 0 aliphatic carbocycles. The summed E-state index contributed by atoms with van der Waals surface area (Å²) in [6.07, 6.45) is 0.395. The Morgan fingerprint density at radius 1 is 1.16 bits per heavy atom. The van der Waals surface area contributed by atoms with Crippen LogP contribution in [0.25, 0.3) is 21.7 Å². The van der Waals surface area contributed by atoms with Gasteiger partial charge in [0, 0.05) is 52.8 Å². The van der Waals surface area contributed by atoms with E-state index in [1.807, 2.05) is 36.4 Å². The molecule has 4 aromatic rings. The topological polar surface area (TPSA) is 85.4 Å². The number of phenolic OH excluding ortho intramolecular Hbond substituents is 1. The van der Waals surface area contributed by atoms with Gasteiger partial charge in [0.1, 0.15) is 11.4 Å². The average Bonchev–Trinajstić information content (AvgIpc) is 3.40. The lowest BCUT2D eigenvalue weighted by atomic mass is 9.95. The monoisotopic (exact) mass is 447 g/mol. The van der Waals surface area contributed by atoms with Crippen LogP contribution in [0, 0.1) is 0 Å². The Balaban J connectivity index is 1.54. The number of nitrogens with one attached hydrogen (secondary N) is 2. The second-order valence-electron chi connectivity index (χ2n) is 8.03. The molecule has 3 aromatic carbocycles. The summed E-state index contributed by atoms with van der Waals surface area (Å²) >= 11 is 6.28. The lowest BCUT2D eigenvalue weighted by Gasteiger charge is -2.17. The number of anilines is 2. The first-order chi connectivity index (χ1) is 15.5. The Labute approximate surface area is 189 Å². The number of carbonyl (C=O) groups excluding carboxylic acids is 2. The second kappa shape index (κ2) is 7.88. The highest BCUT2D eigenvalue weighted by molar-refractivity contribution is 6.19. The van der Waals surface area contributed by atoms with Gasteiger partial charge in [-0.25, -0.2) is 0 Å². The van der Waals surface area contributed by atoms with Crippen molar-refractivity contribution in [1.29, 1.82) is 0 Å². The molecule has 162 valence electrons. The van der Waals surface area contributed by atoms with Gasteiger partial charge in [-0.15, -0.1) is 11.6 Å². The van der Waals surface area contributed by atoms with E-state index < -0.39 is 0 Å². The third-order valence-electron chi connectivity index (χ3n) is 6.03. The van der Waals surface area contributed by atoms with Crippen molar-refractivity contribution in [3.05, 3.63) is 65.9 Å². The van der Waals surface area contributed by atoms with Crippen LogP contribution in [0.2, 0.25) is 0 Å². The summed E-state index contributed by atoms with van der Waals surface area (Å²) in [4.78, 5) is 30.1. The van der Waals surface area contributed by atoms with E-state index in [4.69, 9.17) is 11.6 Å². The number of phenols is 1. The Hall–Kier alpha value is -3.51. The number of nitrogens with zero attached hydrogens (tertiary/aromatic N) is 1. The van der Waals surface area contributed by atoms with Crippen molar-refractivity contribution >= 4 is 56.5 Å². The minimum atomic E-state index is -0.191. The number of fused-ring (bicyclic) bond motifs is 4. The van der Waals surface area contributed by atoms with Crippen LogP contribution in [0.3, 0.4) is 0 Å². The van der Waals surface area contributed by atoms with Crippen molar-refractivity contribution in [1.82, 2.24) is 4.98 Å². The van der Waals surface area contributed by atoms with Crippen molar-refractivity contribution in [3.8, 4) is 5.75 Å². The van der Waals surface area contributed by atoms with Crippen LogP contribution in [-0.4, -0.2) is 34.3 Å². The fraction of sp³-hybridized carbons (Fsp3) is 0.200. The highest BCUT2D eigenvalue weighted by Crippen LogP contribution is 2.45. The second-order valence-corrected chi connectivity index (χ2v) is 8.34. The lowest BCUT2D eigenvalue weighted by molar-refractivity contribution is -0.115. The van der Waals surface area contributed by atoms with Gasteiger partial charge in [0.15, 0.2) is 0 Å². The van der Waals surface area contributed by atoms with E-state index in [2.05, 4.69) is 10.3 Å². The maximum absolute atomic E-state index is 13.5. The molecule has 3 N–H and O–H groups in total. The zero-order valence-corrected chi connectivity index (χ0v) is 18.2. The van der Waals surface area contributed by atoms with Gasteiger partial charge in [-0.1, -0.05) is 31.2 Å². The van der Waals surface area contributed by atoms with E-state index in [1.165, 1.54) is 0 Å². The number of hydrogen-bond acceptors (Lipinski definition) is 3. The molecule has 1 unspecified atom stereocenters. The summed E-state index contributed by atoms with van der Waals surface area (Å²) in [5, 5.41) is 15.9. The molecule has 1 aliphatic heterocycles. The predicted molar refractivity (Wildman–Crippen MR) is 128 cm³/mol. The van der Waals surface area contributed by atoms with E-state index >= 15 is 0 Å². The average molecular weight is 448 g/mol. The summed E-state index contributed by atoms with van der Waals surface area (Å²) in [5.74, 6) is 0.230. The van der Waals surface area contributed by atoms with Gasteiger partial charge in [0.05, 0.1) is 5.69 Å². The normalized spacial score (nSPS) is 15.3. The van der Waals surface area contributed by atoms with Gasteiger partial charge < -0.3 is 20.3 Å². The summed E-state index contributed by atoms with van der Waals surface area (Å²) in [5.41, 5.74) is 3.60. The third kappa shape index (κ3) is 3.28. The molecular weight excluding hydrogens is 426 g/mol. The van der Waals surface area contributed by atoms with Crippen molar-refractivity contribution in [2.24, 2.45) is 0 Å². The SMILES string of the molecule is CCC(=O)Nc1ccc2[nH]c(C(=O)N3CC(CCl)c4c3cc(O)c3ccccc43)cc2c1. The van der Waals surface area contributed by atoms with Crippen LogP contribution in [0.4, 0.5) is 11.4 Å². The standard InChI is InChI=1S/C25H22ClN3O3/c1-2-23(31)27-16-7-8-19-14(9-16)10-20(28-19)25(32)29-13-15(12-26)24-18-6-4-3-5-17(18)22(30)11-21(24)29/h3-11,15,28,30H,2,12-13H2,1H3,(H,27,31). The fourth-order valence-corrected chi connectivity index (χ4v) is 4.72. The number of aromatic nitrogens is 1. The van der Waals surface area contributed by atoms with Crippen LogP contribution in [0.5, 0.6) is 5.75 Å². The lowest BCUT2D eigenvalue weighted by Crippen LogP contribution is -2.30.